The van der Waals surface area contributed by atoms with E-state index in [0.717, 1.165) is 0 Å². The molecule has 0 radical (unpaired) electrons. The summed E-state index contributed by atoms with van der Waals surface area (Å²) in [5, 5.41) is 9.34. The SMILES string of the molecule is COc1ccccc1N(C(=O)CCC(=O)Nc1cc(C)on1)[C@H](C(=O)NC(C)(C)C)c1cccc(OC)c1OC. The first-order chi connectivity index (χ1) is 19.0. The minimum atomic E-state index is -1.20. The van der Waals surface area contributed by atoms with Crippen LogP contribution in [0.4, 0.5) is 11.5 Å². The molecule has 3 aromatic rings. The summed E-state index contributed by atoms with van der Waals surface area (Å²) in [5.74, 6) is 0.462. The number of hydrogen-bond acceptors (Lipinski definition) is 8. The first kappa shape index (κ1) is 30.0. The van der Waals surface area contributed by atoms with Gasteiger partial charge in [0, 0.05) is 30.0 Å². The fourth-order valence-electron chi connectivity index (χ4n) is 4.18. The summed E-state index contributed by atoms with van der Waals surface area (Å²) in [4.78, 5) is 42.0. The lowest BCUT2D eigenvalue weighted by molar-refractivity contribution is -0.128. The zero-order valence-electron chi connectivity index (χ0n) is 23.9. The zero-order valence-corrected chi connectivity index (χ0v) is 23.9. The van der Waals surface area contributed by atoms with E-state index in [1.807, 2.05) is 20.8 Å². The van der Waals surface area contributed by atoms with Crippen molar-refractivity contribution in [3.8, 4) is 17.2 Å². The van der Waals surface area contributed by atoms with Gasteiger partial charge in [-0.1, -0.05) is 29.4 Å². The Hall–Kier alpha value is -4.54. The van der Waals surface area contributed by atoms with Gasteiger partial charge in [0.25, 0.3) is 0 Å². The van der Waals surface area contributed by atoms with E-state index < -0.39 is 29.3 Å². The summed E-state index contributed by atoms with van der Waals surface area (Å²) in [6, 6.07) is 12.4. The molecule has 40 heavy (non-hydrogen) atoms. The molecule has 1 atom stereocenters. The minimum Gasteiger partial charge on any atom is -0.495 e. The molecule has 0 unspecified atom stereocenters. The Morgan fingerprint density at radius 2 is 1.62 bits per heavy atom. The number of aryl methyl sites for hydroxylation is 1. The minimum absolute atomic E-state index is 0.167. The van der Waals surface area contributed by atoms with Gasteiger partial charge in [-0.05, 0) is 45.9 Å². The molecule has 214 valence electrons. The van der Waals surface area contributed by atoms with Crippen LogP contribution in [0.2, 0.25) is 0 Å². The van der Waals surface area contributed by atoms with Crippen molar-refractivity contribution in [2.24, 2.45) is 0 Å². The van der Waals surface area contributed by atoms with Crippen LogP contribution in [0.5, 0.6) is 17.2 Å². The van der Waals surface area contributed by atoms with Crippen molar-refractivity contribution < 1.29 is 33.1 Å². The van der Waals surface area contributed by atoms with Gasteiger partial charge >= 0.3 is 0 Å². The monoisotopic (exact) mass is 552 g/mol. The van der Waals surface area contributed by atoms with E-state index >= 15 is 0 Å². The van der Waals surface area contributed by atoms with E-state index in [1.54, 1.807) is 55.5 Å². The molecule has 0 saturated heterocycles. The lowest BCUT2D eigenvalue weighted by Gasteiger charge is -2.35. The van der Waals surface area contributed by atoms with Crippen molar-refractivity contribution in [3.63, 3.8) is 0 Å². The number of anilines is 2. The maximum absolute atomic E-state index is 14.0. The second kappa shape index (κ2) is 13.0. The molecule has 1 heterocycles. The third-order valence-corrected chi connectivity index (χ3v) is 5.81. The highest BCUT2D eigenvalue weighted by Crippen LogP contribution is 2.41. The summed E-state index contributed by atoms with van der Waals surface area (Å²) >= 11 is 0. The molecular formula is C29H36N4O7. The number of ether oxygens (including phenoxy) is 3. The zero-order chi connectivity index (χ0) is 29.4. The van der Waals surface area contributed by atoms with Crippen LogP contribution in [-0.4, -0.2) is 49.7 Å². The predicted molar refractivity (Wildman–Crippen MR) is 150 cm³/mol. The van der Waals surface area contributed by atoms with E-state index in [1.165, 1.54) is 26.2 Å². The van der Waals surface area contributed by atoms with Gasteiger partial charge in [-0.25, -0.2) is 0 Å². The van der Waals surface area contributed by atoms with Crippen molar-refractivity contribution >= 4 is 29.2 Å². The number of aromatic nitrogens is 1. The highest BCUT2D eigenvalue weighted by molar-refractivity contribution is 6.04. The Bertz CT molecular complexity index is 1350. The fraction of sp³-hybridized carbons (Fsp3) is 0.379. The number of rotatable bonds is 11. The maximum Gasteiger partial charge on any atom is 0.248 e. The molecule has 1 aromatic heterocycles. The molecule has 11 nitrogen and oxygen atoms in total. The Morgan fingerprint density at radius 1 is 0.950 bits per heavy atom. The van der Waals surface area contributed by atoms with Crippen molar-refractivity contribution in [2.75, 3.05) is 31.5 Å². The van der Waals surface area contributed by atoms with Gasteiger partial charge in [0.05, 0.1) is 27.0 Å². The second-order valence-electron chi connectivity index (χ2n) is 10.0. The van der Waals surface area contributed by atoms with Gasteiger partial charge in [0.2, 0.25) is 17.7 Å². The quantitative estimate of drug-likeness (QED) is 0.357. The summed E-state index contributed by atoms with van der Waals surface area (Å²) in [6.45, 7) is 7.23. The van der Waals surface area contributed by atoms with E-state index in [4.69, 9.17) is 18.7 Å². The number of amides is 3. The molecule has 3 amide bonds. The van der Waals surface area contributed by atoms with Crippen LogP contribution in [0.3, 0.4) is 0 Å². The molecule has 0 saturated carbocycles. The molecule has 0 fully saturated rings. The molecule has 0 bridgehead atoms. The van der Waals surface area contributed by atoms with Gasteiger partial charge < -0.3 is 29.4 Å². The average Bonchev–Trinajstić information content (AvgIpc) is 3.32. The molecule has 0 spiro atoms. The molecular weight excluding hydrogens is 516 g/mol. The highest BCUT2D eigenvalue weighted by atomic mass is 16.5. The number of carbonyl (C=O) groups is 3. The van der Waals surface area contributed by atoms with E-state index in [2.05, 4.69) is 15.8 Å². The standard InChI is InChI=1S/C29H36N4O7/c1-18-17-23(32-40-18)30-24(34)15-16-25(35)33(20-12-8-9-13-21(20)37-5)26(28(36)31-29(2,3)4)19-11-10-14-22(38-6)27(19)39-7/h8-14,17,26H,15-16H2,1-7H3,(H,31,36)(H,30,32,34)/t26-/m0/s1. The first-order valence-electron chi connectivity index (χ1n) is 12.7. The number of nitrogens with one attached hydrogen (secondary N) is 2. The maximum atomic E-state index is 14.0. The lowest BCUT2D eigenvalue weighted by atomic mass is 9.98. The summed E-state index contributed by atoms with van der Waals surface area (Å²) in [5.41, 5.74) is 0.124. The number of methoxy groups -OCH3 is 3. The van der Waals surface area contributed by atoms with Gasteiger partial charge in [-0.15, -0.1) is 0 Å². The van der Waals surface area contributed by atoms with Crippen molar-refractivity contribution in [1.82, 2.24) is 10.5 Å². The predicted octanol–water partition coefficient (Wildman–Crippen LogP) is 4.42. The Kier molecular flexibility index (Phi) is 9.76. The molecule has 11 heteroatoms. The van der Waals surface area contributed by atoms with Crippen LogP contribution >= 0.6 is 0 Å². The van der Waals surface area contributed by atoms with Crippen LogP contribution in [0.1, 0.15) is 51.0 Å². The Balaban J connectivity index is 2.10. The van der Waals surface area contributed by atoms with E-state index in [0.29, 0.717) is 34.3 Å². The van der Waals surface area contributed by atoms with Gasteiger partial charge in [0.15, 0.2) is 17.3 Å². The smallest absolute Gasteiger partial charge is 0.248 e. The molecule has 0 aliphatic rings. The van der Waals surface area contributed by atoms with Crippen LogP contribution in [0.25, 0.3) is 0 Å². The van der Waals surface area contributed by atoms with Crippen LogP contribution in [-0.2, 0) is 14.4 Å². The van der Waals surface area contributed by atoms with E-state index in [9.17, 15) is 14.4 Å². The summed E-state index contributed by atoms with van der Waals surface area (Å²) in [6.07, 6.45) is -0.383. The number of carbonyl (C=O) groups excluding carboxylic acids is 3. The van der Waals surface area contributed by atoms with E-state index in [-0.39, 0.29) is 18.7 Å². The van der Waals surface area contributed by atoms with Crippen molar-refractivity contribution in [3.05, 3.63) is 59.9 Å². The number of nitrogens with zero attached hydrogens (tertiary/aromatic N) is 2. The van der Waals surface area contributed by atoms with Gasteiger partial charge in [-0.3, -0.25) is 19.3 Å². The summed E-state index contributed by atoms with van der Waals surface area (Å²) < 4.78 is 21.7. The first-order valence-corrected chi connectivity index (χ1v) is 12.7. The summed E-state index contributed by atoms with van der Waals surface area (Å²) in [7, 11) is 4.43. The largest absolute Gasteiger partial charge is 0.495 e. The van der Waals surface area contributed by atoms with Crippen LogP contribution in [0, 0.1) is 6.92 Å². The lowest BCUT2D eigenvalue weighted by Crippen LogP contribution is -2.49. The third kappa shape index (κ3) is 7.31. The Labute approximate surface area is 233 Å². The molecule has 0 aliphatic carbocycles. The second-order valence-corrected chi connectivity index (χ2v) is 10.0. The molecule has 2 aromatic carbocycles. The average molecular weight is 553 g/mol. The number of benzene rings is 2. The fourth-order valence-corrected chi connectivity index (χ4v) is 4.18. The number of para-hydroxylation sites is 3. The third-order valence-electron chi connectivity index (χ3n) is 5.81. The van der Waals surface area contributed by atoms with Gasteiger partial charge in [0.1, 0.15) is 17.6 Å². The Morgan fingerprint density at radius 3 is 2.23 bits per heavy atom. The molecule has 3 rings (SSSR count). The number of hydrogen-bond donors (Lipinski definition) is 2. The van der Waals surface area contributed by atoms with Crippen molar-refractivity contribution in [2.45, 2.75) is 52.1 Å². The highest BCUT2D eigenvalue weighted by Gasteiger charge is 2.38. The topological polar surface area (TPSA) is 132 Å². The van der Waals surface area contributed by atoms with Crippen LogP contribution in [0.15, 0.2) is 53.1 Å². The molecule has 2 N–H and O–H groups in total. The molecule has 0 aliphatic heterocycles. The van der Waals surface area contributed by atoms with Crippen molar-refractivity contribution in [1.29, 1.82) is 0 Å². The van der Waals surface area contributed by atoms with Gasteiger partial charge in [-0.2, -0.15) is 0 Å². The van der Waals surface area contributed by atoms with Crippen LogP contribution < -0.4 is 29.7 Å². The normalized spacial score (nSPS) is 11.8.